The van der Waals surface area contributed by atoms with E-state index in [4.69, 9.17) is 26.3 Å². The summed E-state index contributed by atoms with van der Waals surface area (Å²) in [5.41, 5.74) is 1.68. The Morgan fingerprint density at radius 2 is 1.93 bits per heavy atom. The lowest BCUT2D eigenvalue weighted by Gasteiger charge is -2.41. The van der Waals surface area contributed by atoms with Gasteiger partial charge in [-0.3, -0.25) is 9.69 Å². The predicted molar refractivity (Wildman–Crippen MR) is 173 cm³/mol. The molecular weight excluding hydrogens is 598 g/mol. The van der Waals surface area contributed by atoms with Crippen LogP contribution in [0.5, 0.6) is 6.01 Å². The first-order valence-electron chi connectivity index (χ1n) is 16.1. The first-order valence-corrected chi connectivity index (χ1v) is 16.5. The van der Waals surface area contributed by atoms with Crippen molar-refractivity contribution in [1.29, 1.82) is 5.26 Å². The van der Waals surface area contributed by atoms with Crippen LogP contribution in [0, 0.1) is 11.3 Å². The number of fused-ring (bicyclic) bond motifs is 1. The van der Waals surface area contributed by atoms with E-state index >= 15 is 4.39 Å². The van der Waals surface area contributed by atoms with E-state index in [1.54, 1.807) is 0 Å². The lowest BCUT2D eigenvalue weighted by Crippen LogP contribution is -2.55. The molecule has 1 aromatic heterocycles. The molecule has 1 amide bonds. The Labute approximate surface area is 271 Å². The summed E-state index contributed by atoms with van der Waals surface area (Å²) in [6.45, 7) is 10.3. The minimum atomic E-state index is -1.24. The van der Waals surface area contributed by atoms with Crippen molar-refractivity contribution in [2.24, 2.45) is 0 Å². The maximum atomic E-state index is 15.3. The number of hydrogen-bond acceptors (Lipinski definition) is 7. The second-order valence-corrected chi connectivity index (χ2v) is 12.3. The van der Waals surface area contributed by atoms with Gasteiger partial charge in [0.2, 0.25) is 0 Å². The van der Waals surface area contributed by atoms with Crippen LogP contribution in [0.25, 0.3) is 0 Å². The Kier molecular flexibility index (Phi) is 11.8. The highest BCUT2D eigenvalue weighted by atomic mass is 35.5. The standard InChI is InChI=1S/C32H39ClF2N6O2.C2H6/c1-4-8-25-27(12-7-10-22-9-5-6-11-26(22)33)37-31(43-20-28-32(35)17-24(18-32)39(28)3)38-29(25)40-15-16-41(30(42)21(2)34)23(19-40)13-14-36;1-2/h5-6,9,11,23-24,28H,2,4,7-8,10,12-13,15-20H2,1,3H3;1-2H3. The minimum absolute atomic E-state index is 0.0472. The second kappa shape index (κ2) is 15.3. The molecule has 11 heteroatoms. The molecule has 4 fully saturated rings. The molecule has 2 unspecified atom stereocenters. The maximum Gasteiger partial charge on any atom is 0.318 e. The van der Waals surface area contributed by atoms with Crippen LogP contribution in [0.15, 0.2) is 36.7 Å². The average molecular weight is 643 g/mol. The fourth-order valence-corrected chi connectivity index (χ4v) is 6.99. The van der Waals surface area contributed by atoms with Crippen LogP contribution in [0.4, 0.5) is 14.6 Å². The highest BCUT2D eigenvalue weighted by Crippen LogP contribution is 2.51. The fraction of sp³-hybridized carbons (Fsp3) is 0.588. The Balaban J connectivity index is 0.00000226. The molecule has 3 saturated heterocycles. The summed E-state index contributed by atoms with van der Waals surface area (Å²) >= 11 is 6.41. The third-order valence-corrected chi connectivity index (χ3v) is 9.52. The van der Waals surface area contributed by atoms with Crippen molar-refractivity contribution >= 4 is 23.3 Å². The number of likely N-dealkylation sites (N-methyl/N-ethyl adjacent to an activating group) is 1. The molecule has 1 saturated carbocycles. The quantitative estimate of drug-likeness (QED) is 0.253. The van der Waals surface area contributed by atoms with Crippen molar-refractivity contribution in [2.75, 3.05) is 38.2 Å². The molecule has 0 spiro atoms. The number of aromatic nitrogens is 2. The fourth-order valence-electron chi connectivity index (χ4n) is 6.76. The van der Waals surface area contributed by atoms with E-state index in [1.165, 1.54) is 4.90 Å². The molecule has 1 aromatic carbocycles. The summed E-state index contributed by atoms with van der Waals surface area (Å²) in [4.78, 5) is 27.7. The first-order chi connectivity index (χ1) is 21.6. The zero-order valence-electron chi connectivity index (χ0n) is 26.9. The van der Waals surface area contributed by atoms with Crippen molar-refractivity contribution in [1.82, 2.24) is 19.8 Å². The highest BCUT2D eigenvalue weighted by molar-refractivity contribution is 6.31. The van der Waals surface area contributed by atoms with Gasteiger partial charge in [0.25, 0.3) is 5.91 Å². The number of nitrogens with zero attached hydrogens (tertiary/aromatic N) is 6. The number of alkyl halides is 1. The van der Waals surface area contributed by atoms with Crippen LogP contribution < -0.4 is 9.64 Å². The number of hydrogen-bond donors (Lipinski definition) is 0. The lowest BCUT2D eigenvalue weighted by atomic mass is 9.80. The summed E-state index contributed by atoms with van der Waals surface area (Å²) in [6.07, 6.45) is 4.92. The molecule has 45 heavy (non-hydrogen) atoms. The SMILES string of the molecule is C=C(F)C(=O)N1CCN(c2nc(OCC3N(C)C4CC3(F)C4)nc(CCCc3ccccc3Cl)c2CCC)CC1CC#N.CC. The molecule has 0 N–H and O–H groups in total. The van der Waals surface area contributed by atoms with Gasteiger partial charge in [0, 0.05) is 36.3 Å². The van der Waals surface area contributed by atoms with Crippen molar-refractivity contribution in [2.45, 2.75) is 95.9 Å². The van der Waals surface area contributed by atoms with Gasteiger partial charge in [0.05, 0.1) is 30.3 Å². The van der Waals surface area contributed by atoms with E-state index in [2.05, 4.69) is 24.5 Å². The van der Waals surface area contributed by atoms with Crippen molar-refractivity contribution < 1.29 is 18.3 Å². The summed E-state index contributed by atoms with van der Waals surface area (Å²) < 4.78 is 35.2. The number of ether oxygens (including phenoxy) is 1. The van der Waals surface area contributed by atoms with Gasteiger partial charge in [-0.25, -0.2) is 8.78 Å². The van der Waals surface area contributed by atoms with Gasteiger partial charge in [0.15, 0.2) is 5.83 Å². The Bertz CT molecular complexity index is 1400. The summed E-state index contributed by atoms with van der Waals surface area (Å²) in [5, 5.41) is 10.2. The summed E-state index contributed by atoms with van der Waals surface area (Å²) in [5.74, 6) is -1.14. The van der Waals surface area contributed by atoms with Gasteiger partial charge in [-0.1, -0.05) is 63.6 Å². The van der Waals surface area contributed by atoms with Crippen LogP contribution >= 0.6 is 11.6 Å². The van der Waals surface area contributed by atoms with E-state index in [0.717, 1.165) is 47.5 Å². The van der Waals surface area contributed by atoms with Crippen molar-refractivity contribution in [3.05, 3.63) is 58.5 Å². The molecule has 0 radical (unpaired) electrons. The van der Waals surface area contributed by atoms with Gasteiger partial charge in [-0.2, -0.15) is 15.2 Å². The van der Waals surface area contributed by atoms with Crippen LogP contribution in [0.2, 0.25) is 5.02 Å². The number of halogens is 3. The second-order valence-electron chi connectivity index (χ2n) is 11.9. The van der Waals surface area contributed by atoms with Crippen molar-refractivity contribution in [3.8, 4) is 12.1 Å². The van der Waals surface area contributed by atoms with E-state index in [1.807, 2.05) is 50.1 Å². The molecular formula is C34H45ClF2N6O2. The summed E-state index contributed by atoms with van der Waals surface area (Å²) in [7, 11) is 1.94. The molecule has 8 nitrogen and oxygen atoms in total. The number of rotatable bonds is 12. The number of carbonyl (C=O) groups is 1. The van der Waals surface area contributed by atoms with E-state index in [9.17, 15) is 14.4 Å². The zero-order chi connectivity index (χ0) is 32.7. The number of anilines is 1. The monoisotopic (exact) mass is 642 g/mol. The van der Waals surface area contributed by atoms with Crippen LogP contribution in [-0.4, -0.2) is 82.8 Å². The van der Waals surface area contributed by atoms with Gasteiger partial charge in [0.1, 0.15) is 18.1 Å². The van der Waals surface area contributed by atoms with Gasteiger partial charge < -0.3 is 14.5 Å². The molecule has 6 rings (SSSR count). The number of amides is 1. The maximum absolute atomic E-state index is 15.3. The average Bonchev–Trinajstić information content (AvgIpc) is 3.41. The van der Waals surface area contributed by atoms with Crippen LogP contribution in [0.3, 0.4) is 0 Å². The van der Waals surface area contributed by atoms with E-state index in [0.29, 0.717) is 38.2 Å². The normalized spacial score (nSPS) is 23.9. The third kappa shape index (κ3) is 7.58. The Morgan fingerprint density at radius 3 is 2.56 bits per heavy atom. The van der Waals surface area contributed by atoms with Crippen molar-refractivity contribution in [3.63, 3.8) is 0 Å². The molecule has 2 aromatic rings. The topological polar surface area (TPSA) is 85.6 Å². The van der Waals surface area contributed by atoms with Crippen LogP contribution in [0.1, 0.15) is 69.7 Å². The van der Waals surface area contributed by atoms with Gasteiger partial charge >= 0.3 is 6.01 Å². The number of piperazine rings is 1. The smallest absolute Gasteiger partial charge is 0.318 e. The molecule has 244 valence electrons. The molecule has 4 heterocycles. The number of benzene rings is 1. The molecule has 2 bridgehead atoms. The molecule has 2 atom stereocenters. The predicted octanol–water partition coefficient (Wildman–Crippen LogP) is 6.26. The third-order valence-electron chi connectivity index (χ3n) is 9.16. The Morgan fingerprint density at radius 1 is 1.20 bits per heavy atom. The Hall–Kier alpha value is -3.29. The molecule has 3 aliphatic heterocycles. The number of nitriles is 1. The molecule has 4 aliphatic rings. The largest absolute Gasteiger partial charge is 0.462 e. The first kappa shape index (κ1) is 34.6. The number of carbonyl (C=O) groups excluding carboxylic acids is 1. The van der Waals surface area contributed by atoms with Gasteiger partial charge in [-0.15, -0.1) is 0 Å². The van der Waals surface area contributed by atoms with Crippen LogP contribution in [-0.2, 0) is 24.1 Å². The molecule has 1 aliphatic carbocycles. The van der Waals surface area contributed by atoms with E-state index in [-0.39, 0.29) is 37.7 Å². The minimum Gasteiger partial charge on any atom is -0.462 e. The summed E-state index contributed by atoms with van der Waals surface area (Å²) in [6, 6.07) is 9.48. The van der Waals surface area contributed by atoms with E-state index < -0.39 is 23.4 Å². The van der Waals surface area contributed by atoms with Gasteiger partial charge in [-0.05, 0) is 57.2 Å². The number of aryl methyl sites for hydroxylation is 2. The lowest BCUT2D eigenvalue weighted by molar-refractivity contribution is -0.131. The highest BCUT2D eigenvalue weighted by Gasteiger charge is 2.62. The zero-order valence-corrected chi connectivity index (χ0v) is 27.6.